The van der Waals surface area contributed by atoms with Gasteiger partial charge in [0.2, 0.25) is 5.91 Å². The number of amides is 1. The molecular formula is C14H23N3O2. The lowest BCUT2D eigenvalue weighted by Crippen LogP contribution is -2.38. The Morgan fingerprint density at radius 1 is 1.53 bits per heavy atom. The predicted molar refractivity (Wildman–Crippen MR) is 73.8 cm³/mol. The van der Waals surface area contributed by atoms with Gasteiger partial charge in [0.15, 0.2) is 0 Å². The van der Waals surface area contributed by atoms with Crippen molar-refractivity contribution >= 4 is 5.91 Å². The molecular weight excluding hydrogens is 242 g/mol. The smallest absolute Gasteiger partial charge is 0.234 e. The van der Waals surface area contributed by atoms with E-state index >= 15 is 0 Å². The highest BCUT2D eigenvalue weighted by atomic mass is 16.3. The molecule has 2 rings (SSSR count). The van der Waals surface area contributed by atoms with Crippen LogP contribution in [0.15, 0.2) is 16.5 Å². The van der Waals surface area contributed by atoms with E-state index in [0.29, 0.717) is 19.1 Å². The second-order valence-electron chi connectivity index (χ2n) is 5.43. The Morgan fingerprint density at radius 2 is 2.32 bits per heavy atom. The molecule has 1 aromatic rings. The van der Waals surface area contributed by atoms with Crippen LogP contribution in [0.2, 0.25) is 0 Å². The van der Waals surface area contributed by atoms with E-state index in [-0.39, 0.29) is 5.91 Å². The Morgan fingerprint density at radius 3 is 2.89 bits per heavy atom. The van der Waals surface area contributed by atoms with Crippen LogP contribution in [0.5, 0.6) is 0 Å². The molecule has 1 fully saturated rings. The maximum Gasteiger partial charge on any atom is 0.234 e. The minimum Gasteiger partial charge on any atom is -0.465 e. The van der Waals surface area contributed by atoms with Gasteiger partial charge in [-0.1, -0.05) is 0 Å². The number of rotatable bonds is 5. The number of furan rings is 1. The summed E-state index contributed by atoms with van der Waals surface area (Å²) in [6.45, 7) is 4.81. The van der Waals surface area contributed by atoms with Gasteiger partial charge in [0.05, 0.1) is 13.1 Å². The summed E-state index contributed by atoms with van der Waals surface area (Å²) in [6.07, 6.45) is 1.14. The Labute approximate surface area is 114 Å². The maximum absolute atomic E-state index is 11.8. The quantitative estimate of drug-likeness (QED) is 0.857. The zero-order valence-corrected chi connectivity index (χ0v) is 12.0. The zero-order valence-electron chi connectivity index (χ0n) is 12.0. The zero-order chi connectivity index (χ0) is 13.8. The minimum absolute atomic E-state index is 0.0634. The van der Waals surface area contributed by atoms with E-state index < -0.39 is 0 Å². The van der Waals surface area contributed by atoms with Crippen molar-refractivity contribution in [2.24, 2.45) is 0 Å². The standard InChI is InChI=1S/C14H23N3O2/c1-11-4-5-13(19-11)8-15-14(18)10-17-7-6-12(9-17)16(2)3/h4-5,12H,6-10H2,1-3H3,(H,15,18)/t12-/m1/s1. The highest BCUT2D eigenvalue weighted by Crippen LogP contribution is 2.12. The first-order chi connectivity index (χ1) is 9.04. The third kappa shape index (κ3) is 4.08. The number of nitrogens with one attached hydrogen (secondary N) is 1. The number of likely N-dealkylation sites (N-methyl/N-ethyl adjacent to an activating group) is 1. The van der Waals surface area contributed by atoms with Crippen molar-refractivity contribution in [3.05, 3.63) is 23.7 Å². The van der Waals surface area contributed by atoms with Crippen molar-refractivity contribution in [2.75, 3.05) is 33.7 Å². The van der Waals surface area contributed by atoms with Crippen LogP contribution in [0.1, 0.15) is 17.9 Å². The molecule has 1 aliphatic heterocycles. The lowest BCUT2D eigenvalue weighted by Gasteiger charge is -2.19. The van der Waals surface area contributed by atoms with Gasteiger partial charge in [0.1, 0.15) is 11.5 Å². The van der Waals surface area contributed by atoms with Gasteiger partial charge >= 0.3 is 0 Å². The lowest BCUT2D eigenvalue weighted by atomic mass is 10.2. The van der Waals surface area contributed by atoms with Gasteiger partial charge in [-0.05, 0) is 39.6 Å². The molecule has 2 heterocycles. The molecule has 1 atom stereocenters. The third-order valence-corrected chi connectivity index (χ3v) is 3.60. The van der Waals surface area contributed by atoms with Crippen molar-refractivity contribution in [2.45, 2.75) is 25.9 Å². The minimum atomic E-state index is 0.0634. The van der Waals surface area contributed by atoms with Gasteiger partial charge in [0, 0.05) is 19.1 Å². The van der Waals surface area contributed by atoms with E-state index in [9.17, 15) is 4.79 Å². The first-order valence-corrected chi connectivity index (χ1v) is 6.75. The van der Waals surface area contributed by atoms with E-state index in [2.05, 4.69) is 29.2 Å². The molecule has 0 aliphatic carbocycles. The van der Waals surface area contributed by atoms with Gasteiger partial charge in [-0.2, -0.15) is 0 Å². The second kappa shape index (κ2) is 6.21. The fourth-order valence-electron chi connectivity index (χ4n) is 2.40. The SMILES string of the molecule is Cc1ccc(CNC(=O)CN2CC[C@@H](N(C)C)C2)o1. The number of carbonyl (C=O) groups is 1. The highest BCUT2D eigenvalue weighted by Gasteiger charge is 2.25. The van der Waals surface area contributed by atoms with E-state index in [1.807, 2.05) is 19.1 Å². The monoisotopic (exact) mass is 265 g/mol. The number of aryl methyl sites for hydroxylation is 1. The average molecular weight is 265 g/mol. The van der Waals surface area contributed by atoms with Crippen molar-refractivity contribution in [1.82, 2.24) is 15.1 Å². The van der Waals surface area contributed by atoms with E-state index in [0.717, 1.165) is 31.0 Å². The van der Waals surface area contributed by atoms with Gasteiger partial charge < -0.3 is 14.6 Å². The number of nitrogens with zero attached hydrogens (tertiary/aromatic N) is 2. The molecule has 0 unspecified atom stereocenters. The van der Waals surface area contributed by atoms with Crippen molar-refractivity contribution in [3.63, 3.8) is 0 Å². The van der Waals surface area contributed by atoms with Gasteiger partial charge in [-0.3, -0.25) is 9.69 Å². The summed E-state index contributed by atoms with van der Waals surface area (Å²) in [7, 11) is 4.18. The number of hydrogen-bond acceptors (Lipinski definition) is 4. The molecule has 106 valence electrons. The van der Waals surface area contributed by atoms with Crippen LogP contribution in [0.25, 0.3) is 0 Å². The second-order valence-corrected chi connectivity index (χ2v) is 5.43. The summed E-state index contributed by atoms with van der Waals surface area (Å²) in [5.74, 6) is 1.74. The topological polar surface area (TPSA) is 48.7 Å². The van der Waals surface area contributed by atoms with Crippen molar-refractivity contribution in [1.29, 1.82) is 0 Å². The Balaban J connectivity index is 1.70. The highest BCUT2D eigenvalue weighted by molar-refractivity contribution is 5.77. The van der Waals surface area contributed by atoms with Gasteiger partial charge in [-0.15, -0.1) is 0 Å². The van der Waals surface area contributed by atoms with Crippen LogP contribution in [0.3, 0.4) is 0 Å². The van der Waals surface area contributed by atoms with Crippen LogP contribution in [0.4, 0.5) is 0 Å². The molecule has 1 amide bonds. The average Bonchev–Trinajstić information content (AvgIpc) is 2.96. The molecule has 0 bridgehead atoms. The predicted octanol–water partition coefficient (Wildman–Crippen LogP) is 0.840. The number of hydrogen-bond donors (Lipinski definition) is 1. The molecule has 0 radical (unpaired) electrons. The Hall–Kier alpha value is -1.33. The molecule has 5 nitrogen and oxygen atoms in total. The summed E-state index contributed by atoms with van der Waals surface area (Å²) in [6, 6.07) is 4.37. The first-order valence-electron chi connectivity index (χ1n) is 6.75. The summed E-state index contributed by atoms with van der Waals surface area (Å²) in [4.78, 5) is 16.3. The van der Waals surface area contributed by atoms with Crippen LogP contribution in [0, 0.1) is 6.92 Å². The van der Waals surface area contributed by atoms with Crippen LogP contribution >= 0.6 is 0 Å². The summed E-state index contributed by atoms with van der Waals surface area (Å²) in [5, 5.41) is 2.90. The third-order valence-electron chi connectivity index (χ3n) is 3.60. The fraction of sp³-hybridized carbons (Fsp3) is 0.643. The molecule has 1 N–H and O–H groups in total. The van der Waals surface area contributed by atoms with E-state index in [1.54, 1.807) is 0 Å². The summed E-state index contributed by atoms with van der Waals surface area (Å²) >= 11 is 0. The fourth-order valence-corrected chi connectivity index (χ4v) is 2.40. The summed E-state index contributed by atoms with van der Waals surface area (Å²) in [5.41, 5.74) is 0. The molecule has 19 heavy (non-hydrogen) atoms. The number of carbonyl (C=O) groups excluding carboxylic acids is 1. The van der Waals surface area contributed by atoms with Gasteiger partial charge in [0.25, 0.3) is 0 Å². The molecule has 1 saturated heterocycles. The molecule has 0 spiro atoms. The molecule has 0 aromatic carbocycles. The Bertz CT molecular complexity index is 428. The van der Waals surface area contributed by atoms with Crippen molar-refractivity contribution < 1.29 is 9.21 Å². The van der Waals surface area contributed by atoms with E-state index in [4.69, 9.17) is 4.42 Å². The van der Waals surface area contributed by atoms with Crippen LogP contribution in [-0.2, 0) is 11.3 Å². The molecule has 1 aliphatic rings. The molecule has 5 heteroatoms. The first kappa shape index (κ1) is 14.1. The van der Waals surface area contributed by atoms with E-state index in [1.165, 1.54) is 0 Å². The van der Waals surface area contributed by atoms with Crippen molar-refractivity contribution in [3.8, 4) is 0 Å². The lowest BCUT2D eigenvalue weighted by molar-refractivity contribution is -0.122. The van der Waals surface area contributed by atoms with Gasteiger partial charge in [-0.25, -0.2) is 0 Å². The number of likely N-dealkylation sites (tertiary alicyclic amines) is 1. The molecule has 0 saturated carbocycles. The normalized spacial score (nSPS) is 20.1. The Kier molecular flexibility index (Phi) is 4.61. The largest absolute Gasteiger partial charge is 0.465 e. The maximum atomic E-state index is 11.8. The summed E-state index contributed by atoms with van der Waals surface area (Å²) < 4.78 is 5.42. The van der Waals surface area contributed by atoms with Crippen LogP contribution in [-0.4, -0.2) is 55.5 Å². The molecule has 1 aromatic heterocycles. The van der Waals surface area contributed by atoms with Crippen LogP contribution < -0.4 is 5.32 Å².